The normalized spacial score (nSPS) is 9.82. The Labute approximate surface area is 265 Å². The maximum absolute atomic E-state index is 4.87. The molecule has 2 aromatic carbocycles. The van der Waals surface area contributed by atoms with Gasteiger partial charge in [0.1, 0.15) is 0 Å². The standard InChI is InChI=1S/C12H18.C11H15Br.CH4.Cl3P.3HI.V/c1-7-8(2)10(4)12(6)11(5)9(7)3;1-6-7(2)9(4)11(12)10(5)8(6)3;;1-4(2)3;;;;/h1-6H3;1-5H3;1H4;;3*1H;/q;;;;;;;+3/p-3. The van der Waals surface area contributed by atoms with Crippen molar-refractivity contribution in [2.75, 3.05) is 0 Å². The van der Waals surface area contributed by atoms with E-state index in [-0.39, 0.29) is 12.3 Å². The molecule has 192 valence electrons. The molecule has 0 unspecified atom stereocenters. The Balaban J connectivity index is -0.000000405. The van der Waals surface area contributed by atoms with E-state index in [0.29, 0.717) is 0 Å². The summed E-state index contributed by atoms with van der Waals surface area (Å²) >= 11 is 25.6. The van der Waals surface area contributed by atoms with Crippen LogP contribution in [0.5, 0.6) is 0 Å². The second-order valence-electron chi connectivity index (χ2n) is 7.57. The van der Waals surface area contributed by atoms with Gasteiger partial charge < -0.3 is 0 Å². The van der Waals surface area contributed by atoms with Crippen LogP contribution in [0.1, 0.15) is 68.6 Å². The monoisotopic (exact) mass is 972 g/mol. The van der Waals surface area contributed by atoms with Gasteiger partial charge in [0, 0.05) is 4.47 Å². The summed E-state index contributed by atoms with van der Waals surface area (Å²) in [5.74, 6) is -1.20. The molecular weight excluding hydrogens is 937 g/mol. The molecule has 33 heavy (non-hydrogen) atoms. The van der Waals surface area contributed by atoms with Crippen LogP contribution in [0.2, 0.25) is 0 Å². The molecule has 0 aliphatic heterocycles. The molecule has 0 fully saturated rings. The third-order valence-corrected chi connectivity index (χ3v) is 7.47. The summed E-state index contributed by atoms with van der Waals surface area (Å²) in [7, 11) is 0. The van der Waals surface area contributed by atoms with Crippen LogP contribution >= 0.6 is 116 Å². The van der Waals surface area contributed by atoms with Gasteiger partial charge >= 0.3 is 64.9 Å². The summed E-state index contributed by atoms with van der Waals surface area (Å²) in [5, 5.41) is 0. The number of hydrogen-bond acceptors (Lipinski definition) is 0. The fourth-order valence-corrected chi connectivity index (χ4v) is 3.74. The van der Waals surface area contributed by atoms with Gasteiger partial charge in [-0.3, -0.25) is 0 Å². The fraction of sp³-hybridized carbons (Fsp3) is 0.500. The minimum absolute atomic E-state index is 0. The quantitative estimate of drug-likeness (QED) is 0.182. The van der Waals surface area contributed by atoms with E-state index in [9.17, 15) is 0 Å². The molecule has 2 aromatic rings. The van der Waals surface area contributed by atoms with E-state index in [4.69, 9.17) is 33.7 Å². The third kappa shape index (κ3) is 14.6. The van der Waals surface area contributed by atoms with Gasteiger partial charge in [0.15, 0.2) is 5.98 Å². The topological polar surface area (TPSA) is 0 Å². The molecule has 0 bridgehead atoms. The van der Waals surface area contributed by atoms with Crippen molar-refractivity contribution in [2.24, 2.45) is 0 Å². The molecule has 0 N–H and O–H groups in total. The second-order valence-corrected chi connectivity index (χ2v) is 48.7. The zero-order valence-corrected chi connectivity index (χ0v) is 33.2. The van der Waals surface area contributed by atoms with Crippen LogP contribution in [0.4, 0.5) is 0 Å². The Morgan fingerprint density at radius 1 is 0.485 bits per heavy atom. The fourth-order valence-electron chi connectivity index (χ4n) is 3.14. The van der Waals surface area contributed by atoms with E-state index in [1.54, 1.807) is 0 Å². The van der Waals surface area contributed by atoms with Crippen molar-refractivity contribution in [2.45, 2.75) is 83.6 Å². The Morgan fingerprint density at radius 2 is 0.576 bits per heavy atom. The first-order valence-corrected chi connectivity index (χ1v) is 28.1. The molecule has 9 heteroatoms. The molecule has 0 radical (unpaired) electrons. The molecular formula is C24H37BrCl3I3PV. The van der Waals surface area contributed by atoms with E-state index in [2.05, 4.69) is 152 Å². The molecule has 0 nitrogen and oxygen atoms in total. The molecule has 0 saturated carbocycles. The number of benzene rings is 2. The molecule has 0 aliphatic rings. The van der Waals surface area contributed by atoms with Gasteiger partial charge in [0.25, 0.3) is 0 Å². The Morgan fingerprint density at radius 3 is 0.697 bits per heavy atom. The van der Waals surface area contributed by atoms with Gasteiger partial charge in [-0.15, -0.1) is 0 Å². The molecule has 0 spiro atoms. The van der Waals surface area contributed by atoms with Gasteiger partial charge in [-0.2, -0.15) is 0 Å². The van der Waals surface area contributed by atoms with Crippen molar-refractivity contribution in [3.8, 4) is 0 Å². The van der Waals surface area contributed by atoms with E-state index in [1.165, 1.54) is 65.7 Å². The summed E-state index contributed by atoms with van der Waals surface area (Å²) in [5.41, 5.74) is 15.7. The van der Waals surface area contributed by atoms with Crippen molar-refractivity contribution in [3.63, 3.8) is 0 Å². The van der Waals surface area contributed by atoms with Gasteiger partial charge in [-0.1, -0.05) is 57.1 Å². The summed E-state index contributed by atoms with van der Waals surface area (Å²) in [6, 6.07) is 0. The molecule has 0 aromatic heterocycles. The summed E-state index contributed by atoms with van der Waals surface area (Å²) in [4.78, 5) is -0.278. The van der Waals surface area contributed by atoms with Crippen molar-refractivity contribution in [3.05, 3.63) is 65.7 Å². The minimum atomic E-state index is -1.20. The molecule has 0 aliphatic carbocycles. The average molecular weight is 974 g/mol. The van der Waals surface area contributed by atoms with Crippen LogP contribution < -0.4 is 0 Å². The molecule has 0 atom stereocenters. The molecule has 0 heterocycles. The predicted octanol–water partition coefficient (Wildman–Crippen LogP) is 13.7. The van der Waals surface area contributed by atoms with Gasteiger partial charge in [0.05, 0.1) is 0 Å². The van der Waals surface area contributed by atoms with Crippen LogP contribution in [0.15, 0.2) is 4.47 Å². The van der Waals surface area contributed by atoms with Crippen molar-refractivity contribution < 1.29 is 4.92 Å². The Kier molecular flexibility index (Phi) is 24.5. The first-order valence-electron chi connectivity index (χ1n) is 9.70. The van der Waals surface area contributed by atoms with Gasteiger partial charge in [-0.05, 0) is 137 Å². The van der Waals surface area contributed by atoms with E-state index in [1.807, 2.05) is 0 Å². The molecule has 0 amide bonds. The second kappa shape index (κ2) is 20.0. The van der Waals surface area contributed by atoms with Crippen LogP contribution in [-0.4, -0.2) is 0 Å². The van der Waals surface area contributed by atoms with Crippen molar-refractivity contribution in [1.82, 2.24) is 0 Å². The van der Waals surface area contributed by atoms with Crippen molar-refractivity contribution >= 4 is 116 Å². The van der Waals surface area contributed by atoms with E-state index < -0.39 is 5.98 Å². The average Bonchev–Trinajstić information content (AvgIpc) is 2.70. The summed E-state index contributed by atoms with van der Waals surface area (Å²) in [6.07, 6.45) is 0. The van der Waals surface area contributed by atoms with Crippen LogP contribution in [-0.2, 0) is 4.92 Å². The molecule has 2 rings (SSSR count). The first-order chi connectivity index (χ1) is 14.4. The van der Waals surface area contributed by atoms with E-state index in [0.717, 1.165) is 0 Å². The van der Waals surface area contributed by atoms with Crippen LogP contribution in [0.3, 0.4) is 0 Å². The summed E-state index contributed by atoms with van der Waals surface area (Å²) < 4.78 is 1.27. The zero-order valence-electron chi connectivity index (χ0n) is 20.5. The molecule has 0 saturated heterocycles. The van der Waals surface area contributed by atoms with Gasteiger partial charge in [0.2, 0.25) is 0 Å². The van der Waals surface area contributed by atoms with E-state index >= 15 is 0 Å². The number of hydrogen-bond donors (Lipinski definition) is 0. The summed E-state index contributed by atoms with van der Waals surface area (Å²) in [6.45, 7) is 24.2. The maximum atomic E-state index is 4.87. The van der Waals surface area contributed by atoms with Crippen molar-refractivity contribution in [1.29, 1.82) is 0 Å². The number of rotatable bonds is 0. The van der Waals surface area contributed by atoms with Crippen LogP contribution in [0.25, 0.3) is 0 Å². The number of halogens is 7. The zero-order chi connectivity index (χ0) is 26.1. The van der Waals surface area contributed by atoms with Crippen LogP contribution in [0, 0.1) is 76.2 Å². The Hall–Kier alpha value is 2.99. The first kappa shape index (κ1) is 40.5. The SMILES string of the molecule is C.Cc1c(C)c(C)c(Br)c(C)c1C.Cc1c(C)c(C)c(C)c(C)c1C.ClP(Cl)Cl.[I][V]([I])[I]. The Bertz CT molecular complexity index is 618. The predicted molar refractivity (Wildman–Crippen MR) is 186 cm³/mol. The van der Waals surface area contributed by atoms with Gasteiger partial charge in [-0.25, -0.2) is 0 Å². The third-order valence-electron chi connectivity index (χ3n) is 6.28.